The Morgan fingerprint density at radius 1 is 1.12 bits per heavy atom. The minimum absolute atomic E-state index is 0.0175. The molecule has 11 atom stereocenters. The fourth-order valence-electron chi connectivity index (χ4n) is 7.87. The lowest BCUT2D eigenvalue weighted by atomic mass is 9.64. The van der Waals surface area contributed by atoms with Gasteiger partial charge in [-0.2, -0.15) is 0 Å². The number of carbonyl (C=O) groups is 2. The van der Waals surface area contributed by atoms with E-state index in [1.54, 1.807) is 6.92 Å². The average Bonchev–Trinajstić information content (AvgIpc) is 3.53. The summed E-state index contributed by atoms with van der Waals surface area (Å²) in [5.41, 5.74) is 0.785. The van der Waals surface area contributed by atoms with Crippen molar-refractivity contribution in [3.63, 3.8) is 0 Å². The van der Waals surface area contributed by atoms with E-state index in [9.17, 15) is 14.7 Å². The fourth-order valence-corrected chi connectivity index (χ4v) is 8.98. The molecule has 4 aliphatic rings. The summed E-state index contributed by atoms with van der Waals surface area (Å²) < 4.78 is 29.1. The van der Waals surface area contributed by atoms with Gasteiger partial charge in [-0.3, -0.25) is 9.59 Å². The molecule has 0 aromatic heterocycles. The Kier molecular flexibility index (Phi) is 11.4. The van der Waals surface area contributed by atoms with Gasteiger partial charge in [-0.1, -0.05) is 42.3 Å². The second-order valence-corrected chi connectivity index (χ2v) is 13.3. The second-order valence-electron chi connectivity index (χ2n) is 12.3. The maximum absolute atomic E-state index is 13.9. The van der Waals surface area contributed by atoms with E-state index < -0.39 is 6.29 Å². The second kappa shape index (κ2) is 14.4. The van der Waals surface area contributed by atoms with Crippen LogP contribution in [0.4, 0.5) is 0 Å². The molecular formula is C32H49BrO8. The first-order valence-electron chi connectivity index (χ1n) is 15.5. The first kappa shape index (κ1) is 32.5. The van der Waals surface area contributed by atoms with Crippen molar-refractivity contribution in [1.29, 1.82) is 0 Å². The molecule has 0 amide bonds. The Hall–Kier alpha value is -1.42. The van der Waals surface area contributed by atoms with Gasteiger partial charge in [0.2, 0.25) is 6.29 Å². The molecular weight excluding hydrogens is 592 g/mol. The lowest BCUT2D eigenvalue weighted by molar-refractivity contribution is -0.152. The molecule has 8 nitrogen and oxygen atoms in total. The Bertz CT molecular complexity index is 994. The Labute approximate surface area is 253 Å². The maximum Gasteiger partial charge on any atom is 0.306 e. The molecule has 0 bridgehead atoms. The van der Waals surface area contributed by atoms with Crippen LogP contribution in [0.1, 0.15) is 79.1 Å². The van der Waals surface area contributed by atoms with Crippen molar-refractivity contribution in [1.82, 2.24) is 0 Å². The van der Waals surface area contributed by atoms with Crippen LogP contribution in [0.5, 0.6) is 0 Å². The van der Waals surface area contributed by atoms with E-state index in [0.717, 1.165) is 50.5 Å². The number of rotatable bonds is 8. The molecule has 1 aliphatic heterocycles. The minimum atomic E-state index is -1.24. The molecule has 3 aliphatic carbocycles. The first-order valence-corrected chi connectivity index (χ1v) is 16.4. The zero-order chi connectivity index (χ0) is 29.8. The molecule has 9 heteroatoms. The van der Waals surface area contributed by atoms with Crippen LogP contribution in [0, 0.1) is 35.5 Å². The Morgan fingerprint density at radius 3 is 2.49 bits per heavy atom. The lowest BCUT2D eigenvalue weighted by Crippen LogP contribution is -2.50. The van der Waals surface area contributed by atoms with Gasteiger partial charge >= 0.3 is 5.97 Å². The van der Waals surface area contributed by atoms with Gasteiger partial charge in [0.15, 0.2) is 11.5 Å². The molecule has 0 aromatic carbocycles. The van der Waals surface area contributed by atoms with E-state index in [0.29, 0.717) is 12.4 Å². The van der Waals surface area contributed by atoms with Crippen LogP contribution in [0.15, 0.2) is 23.2 Å². The summed E-state index contributed by atoms with van der Waals surface area (Å²) in [6.07, 6.45) is 6.55. The molecule has 0 spiro atoms. The summed E-state index contributed by atoms with van der Waals surface area (Å²) in [6, 6.07) is 0. The number of hydrogen-bond donors (Lipinski definition) is 1. The third-order valence-corrected chi connectivity index (χ3v) is 11.2. The van der Waals surface area contributed by atoms with Gasteiger partial charge in [-0.25, -0.2) is 0 Å². The van der Waals surface area contributed by atoms with E-state index in [-0.39, 0.29) is 82.6 Å². The molecule has 1 heterocycles. The van der Waals surface area contributed by atoms with Crippen LogP contribution in [-0.2, 0) is 33.3 Å². The number of ether oxygens (including phenoxy) is 5. The molecule has 0 aromatic rings. The fraction of sp³-hybridized carbons (Fsp3) is 0.812. The van der Waals surface area contributed by atoms with Crippen LogP contribution < -0.4 is 0 Å². The largest absolute Gasteiger partial charge is 0.498 e. The number of aliphatic hydroxyl groups is 1. The zero-order valence-corrected chi connectivity index (χ0v) is 27.1. The number of cyclic esters (lactones) is 1. The van der Waals surface area contributed by atoms with Crippen molar-refractivity contribution < 1.29 is 38.4 Å². The summed E-state index contributed by atoms with van der Waals surface area (Å²) in [6.45, 7) is 8.35. The third-order valence-electron chi connectivity index (χ3n) is 9.96. The van der Waals surface area contributed by atoms with Gasteiger partial charge in [-0.05, 0) is 75.7 Å². The number of allylic oxidation sites excluding steroid dienone is 3. The number of esters is 1. The predicted molar refractivity (Wildman–Crippen MR) is 158 cm³/mol. The number of halogens is 1. The van der Waals surface area contributed by atoms with Gasteiger partial charge in [0.25, 0.3) is 0 Å². The van der Waals surface area contributed by atoms with E-state index in [2.05, 4.69) is 28.9 Å². The Balaban J connectivity index is 1.65. The highest BCUT2D eigenvalue weighted by Crippen LogP contribution is 2.59. The molecule has 1 N–H and O–H groups in total. The van der Waals surface area contributed by atoms with Crippen LogP contribution in [0.3, 0.4) is 0 Å². The maximum atomic E-state index is 13.9. The average molecular weight is 642 g/mol. The van der Waals surface area contributed by atoms with Crippen LogP contribution in [0.25, 0.3) is 0 Å². The zero-order valence-electron chi connectivity index (χ0n) is 25.5. The number of fused-ring (bicyclic) bond motifs is 5. The minimum Gasteiger partial charge on any atom is -0.498 e. The summed E-state index contributed by atoms with van der Waals surface area (Å²) >= 11 is 4.01. The van der Waals surface area contributed by atoms with Crippen molar-refractivity contribution in [3.8, 4) is 0 Å². The smallest absolute Gasteiger partial charge is 0.306 e. The number of methoxy groups -OCH3 is 2. The predicted octanol–water partition coefficient (Wildman–Crippen LogP) is 5.70. The normalized spacial score (nSPS) is 39.2. The molecule has 232 valence electrons. The molecule has 3 fully saturated rings. The van der Waals surface area contributed by atoms with Gasteiger partial charge in [0.05, 0.1) is 32.8 Å². The molecule has 0 radical (unpaired) electrons. The molecule has 4 unspecified atom stereocenters. The van der Waals surface area contributed by atoms with E-state index in [4.69, 9.17) is 23.7 Å². The van der Waals surface area contributed by atoms with Crippen molar-refractivity contribution in [2.75, 3.05) is 20.8 Å². The summed E-state index contributed by atoms with van der Waals surface area (Å²) in [4.78, 5) is 27.2. The standard InChI is InChI=1S/C32H49BrO8/c1-7-19-12-10-9-11-17(3)29(35)25-15-22-21-13-20(41-32(36)30(38-6)18(4)37-5)14-24(21)28(33)31(39-8-2)27(22)23(25)16-26(34)40-19/h15,17,19-24,27-28,31-32,36H,7-14,16H2,1-6H3/b30-18+/t17-,19+,20+,21+,22+,23-,24?,27-,28?,31?,32?/m1/s1. The topological polar surface area (TPSA) is 101 Å². The van der Waals surface area contributed by atoms with Crippen LogP contribution >= 0.6 is 15.9 Å². The van der Waals surface area contributed by atoms with Crippen molar-refractivity contribution in [2.24, 2.45) is 35.5 Å². The number of ketones is 1. The number of Topliss-reactive ketones (excluding diaryl/α,β-unsaturated/α-hetero) is 1. The highest BCUT2D eigenvalue weighted by Gasteiger charge is 2.59. The molecule has 4 rings (SSSR count). The van der Waals surface area contributed by atoms with Gasteiger partial charge in [-0.15, -0.1) is 0 Å². The monoisotopic (exact) mass is 640 g/mol. The highest BCUT2D eigenvalue weighted by molar-refractivity contribution is 9.09. The SMILES string of the molecule is CCOC1C(Br)C2C[C@@H](OC(O)/C(OC)=C(/C)OC)C[C@H]2[C@@H]2C=C3C(=O)[C@H](C)CCCC[C@H](CC)OC(=O)C[C@H]3[C@H]12. The van der Waals surface area contributed by atoms with Crippen LogP contribution in [0.2, 0.25) is 0 Å². The van der Waals surface area contributed by atoms with Gasteiger partial charge in [0.1, 0.15) is 11.9 Å². The number of hydrogen-bond acceptors (Lipinski definition) is 8. The van der Waals surface area contributed by atoms with Gasteiger partial charge in [0, 0.05) is 29.2 Å². The van der Waals surface area contributed by atoms with E-state index in [1.807, 2.05) is 13.8 Å². The number of carbonyl (C=O) groups excluding carboxylic acids is 2. The molecule has 1 saturated heterocycles. The lowest BCUT2D eigenvalue weighted by Gasteiger charge is -2.47. The van der Waals surface area contributed by atoms with Crippen molar-refractivity contribution >= 4 is 27.7 Å². The van der Waals surface area contributed by atoms with E-state index >= 15 is 0 Å². The highest BCUT2D eigenvalue weighted by atomic mass is 79.9. The van der Waals surface area contributed by atoms with Crippen LogP contribution in [-0.4, -0.2) is 67.1 Å². The summed E-state index contributed by atoms with van der Waals surface area (Å²) in [7, 11) is 3.02. The molecule has 2 saturated carbocycles. The third kappa shape index (κ3) is 6.89. The first-order chi connectivity index (χ1) is 19.6. The number of aliphatic hydroxyl groups excluding tert-OH is 1. The number of alkyl halides is 1. The summed E-state index contributed by atoms with van der Waals surface area (Å²) in [5, 5.41) is 10.8. The molecule has 41 heavy (non-hydrogen) atoms. The van der Waals surface area contributed by atoms with E-state index in [1.165, 1.54) is 14.2 Å². The van der Waals surface area contributed by atoms with Crippen molar-refractivity contribution in [2.45, 2.75) is 108 Å². The van der Waals surface area contributed by atoms with Gasteiger partial charge < -0.3 is 28.8 Å². The Morgan fingerprint density at radius 2 is 1.83 bits per heavy atom. The summed E-state index contributed by atoms with van der Waals surface area (Å²) in [5.74, 6) is 0.836. The van der Waals surface area contributed by atoms with Crippen molar-refractivity contribution in [3.05, 3.63) is 23.2 Å². The quantitative estimate of drug-likeness (QED) is 0.156.